The Bertz CT molecular complexity index is 348. The number of amides is 1. The van der Waals surface area contributed by atoms with Crippen molar-refractivity contribution in [3.63, 3.8) is 0 Å². The van der Waals surface area contributed by atoms with Gasteiger partial charge in [-0.05, 0) is 19.3 Å². The van der Waals surface area contributed by atoms with Gasteiger partial charge in [-0.15, -0.1) is 0 Å². The molecule has 5 nitrogen and oxygen atoms in total. The molecule has 16 heavy (non-hydrogen) atoms. The maximum Gasteiger partial charge on any atom is 0.408 e. The Balaban J connectivity index is 1.98. The molecule has 0 heterocycles. The lowest BCUT2D eigenvalue weighted by Crippen LogP contribution is -2.49. The minimum atomic E-state index is -1.08. The van der Waals surface area contributed by atoms with Crippen LogP contribution in [0.5, 0.6) is 0 Å². The van der Waals surface area contributed by atoms with Crippen molar-refractivity contribution in [1.29, 1.82) is 0 Å². The Kier molecular flexibility index (Phi) is 2.40. The highest BCUT2D eigenvalue weighted by molar-refractivity contribution is 5.89. The minimum absolute atomic E-state index is 0.0918. The van der Waals surface area contributed by atoms with Crippen molar-refractivity contribution in [3.8, 4) is 0 Å². The van der Waals surface area contributed by atoms with Gasteiger partial charge in [-0.25, -0.2) is 9.59 Å². The fraction of sp³-hybridized carbons (Fsp3) is 0.636. The number of nitrogens with one attached hydrogen (secondary N) is 1. The molecule has 2 saturated carbocycles. The third-order valence-electron chi connectivity index (χ3n) is 3.71. The van der Waals surface area contributed by atoms with Gasteiger partial charge in [0.05, 0.1) is 0 Å². The number of aliphatic carboxylic acids is 1. The summed E-state index contributed by atoms with van der Waals surface area (Å²) in [5.41, 5.74) is -1.28. The van der Waals surface area contributed by atoms with Crippen LogP contribution in [0.4, 0.5) is 4.79 Å². The second-order valence-electron chi connectivity index (χ2n) is 4.53. The quantitative estimate of drug-likeness (QED) is 0.707. The van der Waals surface area contributed by atoms with Crippen LogP contribution < -0.4 is 5.32 Å². The lowest BCUT2D eigenvalue weighted by Gasteiger charge is -2.30. The SMILES string of the molecule is C=CCOC(=O)NC1(C(=O)O)CC12CCC2. The van der Waals surface area contributed by atoms with E-state index in [1.807, 2.05) is 0 Å². The summed E-state index contributed by atoms with van der Waals surface area (Å²) in [4.78, 5) is 22.6. The molecule has 1 unspecified atom stereocenters. The molecule has 0 aromatic rings. The molecule has 2 N–H and O–H groups in total. The second-order valence-corrected chi connectivity index (χ2v) is 4.53. The highest BCUT2D eigenvalue weighted by Gasteiger charge is 2.75. The van der Waals surface area contributed by atoms with Crippen molar-refractivity contribution < 1.29 is 19.4 Å². The van der Waals surface area contributed by atoms with E-state index in [0.717, 1.165) is 19.3 Å². The lowest BCUT2D eigenvalue weighted by molar-refractivity contribution is -0.142. The molecular formula is C11H15NO4. The van der Waals surface area contributed by atoms with E-state index in [9.17, 15) is 14.7 Å². The molecule has 1 spiro atoms. The predicted molar refractivity (Wildman–Crippen MR) is 55.9 cm³/mol. The van der Waals surface area contributed by atoms with E-state index >= 15 is 0 Å². The summed E-state index contributed by atoms with van der Waals surface area (Å²) >= 11 is 0. The third-order valence-corrected chi connectivity index (χ3v) is 3.71. The number of carboxylic acids is 1. The number of carboxylic acid groups (broad SMARTS) is 1. The first-order valence-corrected chi connectivity index (χ1v) is 5.36. The van der Waals surface area contributed by atoms with Crippen LogP contribution in [0.2, 0.25) is 0 Å². The lowest BCUT2D eigenvalue weighted by atomic mass is 9.78. The van der Waals surface area contributed by atoms with E-state index in [1.54, 1.807) is 0 Å². The number of ether oxygens (including phenoxy) is 1. The highest BCUT2D eigenvalue weighted by atomic mass is 16.5. The van der Waals surface area contributed by atoms with Crippen molar-refractivity contribution >= 4 is 12.1 Å². The smallest absolute Gasteiger partial charge is 0.408 e. The van der Waals surface area contributed by atoms with Gasteiger partial charge in [-0.1, -0.05) is 19.1 Å². The van der Waals surface area contributed by atoms with Gasteiger partial charge in [0.1, 0.15) is 12.1 Å². The first-order chi connectivity index (χ1) is 7.56. The molecule has 1 amide bonds. The van der Waals surface area contributed by atoms with E-state index in [0.29, 0.717) is 6.42 Å². The molecule has 0 bridgehead atoms. The van der Waals surface area contributed by atoms with Crippen molar-refractivity contribution in [2.45, 2.75) is 31.2 Å². The fourth-order valence-corrected chi connectivity index (χ4v) is 2.55. The van der Waals surface area contributed by atoms with Gasteiger partial charge in [0, 0.05) is 5.41 Å². The molecule has 88 valence electrons. The van der Waals surface area contributed by atoms with E-state index in [1.165, 1.54) is 6.08 Å². The molecular weight excluding hydrogens is 210 g/mol. The standard InChI is InChI=1S/C11H15NO4/c1-2-6-16-9(15)12-11(8(13)14)7-10(11)4-3-5-10/h2H,1,3-7H2,(H,12,15)(H,13,14). The number of alkyl carbamates (subject to hydrolysis) is 1. The van der Waals surface area contributed by atoms with Gasteiger partial charge >= 0.3 is 12.1 Å². The van der Waals surface area contributed by atoms with Gasteiger partial charge in [0.15, 0.2) is 0 Å². The van der Waals surface area contributed by atoms with Gasteiger partial charge in [0.2, 0.25) is 0 Å². The minimum Gasteiger partial charge on any atom is -0.479 e. The largest absolute Gasteiger partial charge is 0.479 e. The highest BCUT2D eigenvalue weighted by Crippen LogP contribution is 2.68. The fourth-order valence-electron chi connectivity index (χ4n) is 2.55. The molecule has 2 rings (SSSR count). The van der Waals surface area contributed by atoms with Crippen molar-refractivity contribution in [3.05, 3.63) is 12.7 Å². The van der Waals surface area contributed by atoms with Gasteiger partial charge in [-0.3, -0.25) is 0 Å². The van der Waals surface area contributed by atoms with Gasteiger partial charge < -0.3 is 15.2 Å². The molecule has 0 aromatic heterocycles. The molecule has 5 heteroatoms. The van der Waals surface area contributed by atoms with Crippen LogP contribution in [0.3, 0.4) is 0 Å². The second kappa shape index (κ2) is 3.50. The first kappa shape index (κ1) is 11.0. The summed E-state index contributed by atoms with van der Waals surface area (Å²) in [5.74, 6) is -0.956. The van der Waals surface area contributed by atoms with Crippen LogP contribution in [-0.4, -0.2) is 29.3 Å². The first-order valence-electron chi connectivity index (χ1n) is 5.36. The van der Waals surface area contributed by atoms with E-state index in [-0.39, 0.29) is 12.0 Å². The summed E-state index contributed by atoms with van der Waals surface area (Å²) in [7, 11) is 0. The van der Waals surface area contributed by atoms with Crippen molar-refractivity contribution in [1.82, 2.24) is 5.32 Å². The Morgan fingerprint density at radius 3 is 2.56 bits per heavy atom. The van der Waals surface area contributed by atoms with Crippen molar-refractivity contribution in [2.75, 3.05) is 6.61 Å². The molecule has 2 aliphatic carbocycles. The molecule has 0 radical (unpaired) electrons. The monoisotopic (exact) mass is 225 g/mol. The van der Waals surface area contributed by atoms with Crippen LogP contribution in [0, 0.1) is 5.41 Å². The zero-order chi connectivity index (χ0) is 11.8. The maximum atomic E-state index is 11.3. The number of hydrogen-bond acceptors (Lipinski definition) is 3. The number of carbonyl (C=O) groups excluding carboxylic acids is 1. The molecule has 0 saturated heterocycles. The molecule has 2 fully saturated rings. The van der Waals surface area contributed by atoms with Crippen LogP contribution in [0.1, 0.15) is 25.7 Å². The summed E-state index contributed by atoms with van der Waals surface area (Å²) in [6.45, 7) is 3.51. The van der Waals surface area contributed by atoms with Crippen LogP contribution in [-0.2, 0) is 9.53 Å². The van der Waals surface area contributed by atoms with Gasteiger partial charge in [-0.2, -0.15) is 0 Å². The normalized spacial score (nSPS) is 29.0. The van der Waals surface area contributed by atoms with E-state index < -0.39 is 17.6 Å². The summed E-state index contributed by atoms with van der Waals surface area (Å²) in [6.07, 6.45) is 4.09. The zero-order valence-corrected chi connectivity index (χ0v) is 8.99. The van der Waals surface area contributed by atoms with E-state index in [2.05, 4.69) is 11.9 Å². The van der Waals surface area contributed by atoms with Crippen molar-refractivity contribution in [2.24, 2.45) is 5.41 Å². The Morgan fingerprint density at radius 1 is 1.50 bits per heavy atom. The summed E-state index contributed by atoms with van der Waals surface area (Å²) < 4.78 is 4.75. The molecule has 1 atom stereocenters. The summed E-state index contributed by atoms with van der Waals surface area (Å²) in [5, 5.41) is 11.7. The average molecular weight is 225 g/mol. The summed E-state index contributed by atoms with van der Waals surface area (Å²) in [6, 6.07) is 0. The molecule has 0 aromatic carbocycles. The van der Waals surface area contributed by atoms with E-state index in [4.69, 9.17) is 4.74 Å². The predicted octanol–water partition coefficient (Wildman–Crippen LogP) is 1.30. The average Bonchev–Trinajstić information content (AvgIpc) is 2.85. The maximum absolute atomic E-state index is 11.3. The van der Waals surface area contributed by atoms with Crippen LogP contribution in [0.25, 0.3) is 0 Å². The number of rotatable bonds is 4. The Labute approximate surface area is 93.5 Å². The Hall–Kier alpha value is -1.52. The number of carbonyl (C=O) groups is 2. The topological polar surface area (TPSA) is 75.6 Å². The molecule has 2 aliphatic rings. The third kappa shape index (κ3) is 1.38. The Morgan fingerprint density at radius 2 is 2.19 bits per heavy atom. The molecule has 0 aliphatic heterocycles. The zero-order valence-electron chi connectivity index (χ0n) is 8.99. The van der Waals surface area contributed by atoms with Gasteiger partial charge in [0.25, 0.3) is 0 Å². The number of hydrogen-bond donors (Lipinski definition) is 2. The van der Waals surface area contributed by atoms with Crippen LogP contribution >= 0.6 is 0 Å². The van der Waals surface area contributed by atoms with Crippen LogP contribution in [0.15, 0.2) is 12.7 Å².